The normalized spacial score (nSPS) is 14.4. The topological polar surface area (TPSA) is 116 Å². The average Bonchev–Trinajstić information content (AvgIpc) is 3.10. The average molecular weight is 348 g/mol. The summed E-state index contributed by atoms with van der Waals surface area (Å²) >= 11 is 0.972. The molecule has 11 heteroatoms. The predicted molar refractivity (Wildman–Crippen MR) is 88.1 cm³/mol. The number of aromatic nitrogens is 4. The minimum Gasteiger partial charge on any atom is -0.354 e. The summed E-state index contributed by atoms with van der Waals surface area (Å²) in [4.78, 5) is 36.1. The standard InChI is InChI=1S/C13H16N8O2S/c1-14-10(22)9-11(24-19-18-9)17-13(23)21-7-5-20(6-8-21)12-15-3-2-4-16-12/h2-4H,5-8H2,1H3,(H,14,22)(H,17,23). The Bertz CT molecular complexity index is 714. The van der Waals surface area contributed by atoms with Crippen molar-refractivity contribution in [1.82, 2.24) is 29.8 Å². The Hall–Kier alpha value is -2.82. The number of anilines is 2. The summed E-state index contributed by atoms with van der Waals surface area (Å²) in [6.45, 7) is 2.35. The molecule has 0 unspecified atom stereocenters. The summed E-state index contributed by atoms with van der Waals surface area (Å²) in [5, 5.41) is 9.24. The molecule has 0 aliphatic carbocycles. The Morgan fingerprint density at radius 3 is 2.54 bits per heavy atom. The molecule has 0 radical (unpaired) electrons. The van der Waals surface area contributed by atoms with Crippen molar-refractivity contribution >= 4 is 34.4 Å². The zero-order chi connectivity index (χ0) is 16.9. The minimum absolute atomic E-state index is 0.118. The van der Waals surface area contributed by atoms with E-state index >= 15 is 0 Å². The van der Waals surface area contributed by atoms with Crippen molar-refractivity contribution in [2.45, 2.75) is 0 Å². The van der Waals surface area contributed by atoms with Gasteiger partial charge in [0.1, 0.15) is 0 Å². The zero-order valence-electron chi connectivity index (χ0n) is 13.0. The predicted octanol–water partition coefficient (Wildman–Crippen LogP) is 0.0418. The molecule has 126 valence electrons. The summed E-state index contributed by atoms with van der Waals surface area (Å²) in [5.74, 6) is 0.274. The van der Waals surface area contributed by atoms with Crippen molar-refractivity contribution in [1.29, 1.82) is 0 Å². The number of rotatable bonds is 3. The maximum atomic E-state index is 12.4. The number of nitrogens with one attached hydrogen (secondary N) is 2. The van der Waals surface area contributed by atoms with E-state index in [1.54, 1.807) is 23.4 Å². The van der Waals surface area contributed by atoms with Gasteiger partial charge in [0.2, 0.25) is 5.95 Å². The fourth-order valence-electron chi connectivity index (χ4n) is 2.28. The number of piperazine rings is 1. The Morgan fingerprint density at radius 1 is 1.17 bits per heavy atom. The highest BCUT2D eigenvalue weighted by Crippen LogP contribution is 2.18. The Labute approximate surface area is 142 Å². The molecule has 2 aromatic heterocycles. The second kappa shape index (κ2) is 7.17. The van der Waals surface area contributed by atoms with Crippen LogP contribution in [0.1, 0.15) is 10.5 Å². The van der Waals surface area contributed by atoms with Gasteiger partial charge in [-0.25, -0.2) is 14.8 Å². The number of amides is 3. The molecule has 3 heterocycles. The van der Waals surface area contributed by atoms with Crippen LogP contribution < -0.4 is 15.5 Å². The number of hydrogen-bond acceptors (Lipinski definition) is 8. The Kier molecular flexibility index (Phi) is 4.79. The summed E-state index contributed by atoms with van der Waals surface area (Å²) in [6.07, 6.45) is 3.39. The molecule has 1 fully saturated rings. The molecule has 0 aromatic carbocycles. The summed E-state index contributed by atoms with van der Waals surface area (Å²) < 4.78 is 3.71. The molecule has 2 N–H and O–H groups in total. The van der Waals surface area contributed by atoms with Gasteiger partial charge >= 0.3 is 6.03 Å². The Balaban J connectivity index is 1.58. The first-order valence-electron chi connectivity index (χ1n) is 7.31. The van der Waals surface area contributed by atoms with Crippen molar-refractivity contribution in [3.05, 3.63) is 24.2 Å². The number of urea groups is 1. The van der Waals surface area contributed by atoms with Crippen LogP contribution in [0.5, 0.6) is 0 Å². The quantitative estimate of drug-likeness (QED) is 0.804. The van der Waals surface area contributed by atoms with Crippen LogP contribution in [0.25, 0.3) is 0 Å². The van der Waals surface area contributed by atoms with Gasteiger partial charge < -0.3 is 15.1 Å². The van der Waals surface area contributed by atoms with Crippen LogP contribution in [0, 0.1) is 0 Å². The smallest absolute Gasteiger partial charge is 0.322 e. The third kappa shape index (κ3) is 3.40. The fourth-order valence-corrected chi connectivity index (χ4v) is 2.84. The van der Waals surface area contributed by atoms with E-state index in [2.05, 4.69) is 30.2 Å². The molecule has 3 rings (SSSR count). The number of carbonyl (C=O) groups excluding carboxylic acids is 2. The molecule has 1 saturated heterocycles. The first kappa shape index (κ1) is 16.1. The van der Waals surface area contributed by atoms with Crippen LogP contribution in [0.4, 0.5) is 15.7 Å². The summed E-state index contributed by atoms with van der Waals surface area (Å²) in [6, 6.07) is 1.49. The summed E-state index contributed by atoms with van der Waals surface area (Å²) in [7, 11) is 1.50. The van der Waals surface area contributed by atoms with Gasteiger partial charge in [-0.2, -0.15) is 0 Å². The van der Waals surface area contributed by atoms with Crippen LogP contribution in [-0.4, -0.2) is 69.6 Å². The molecular formula is C13H16N8O2S. The van der Waals surface area contributed by atoms with Crippen molar-refractivity contribution in [2.75, 3.05) is 43.4 Å². The van der Waals surface area contributed by atoms with Gasteiger partial charge in [0.15, 0.2) is 10.7 Å². The SMILES string of the molecule is CNC(=O)c1nnsc1NC(=O)N1CCN(c2ncccn2)CC1. The van der Waals surface area contributed by atoms with E-state index in [0.29, 0.717) is 37.1 Å². The number of carbonyl (C=O) groups is 2. The fraction of sp³-hybridized carbons (Fsp3) is 0.385. The monoisotopic (exact) mass is 348 g/mol. The maximum Gasteiger partial charge on any atom is 0.322 e. The van der Waals surface area contributed by atoms with Gasteiger partial charge in [0, 0.05) is 57.2 Å². The molecule has 0 bridgehead atoms. The van der Waals surface area contributed by atoms with E-state index in [0.717, 1.165) is 11.5 Å². The highest BCUT2D eigenvalue weighted by Gasteiger charge is 2.24. The Morgan fingerprint density at radius 2 is 1.88 bits per heavy atom. The van der Waals surface area contributed by atoms with E-state index < -0.39 is 0 Å². The van der Waals surface area contributed by atoms with Crippen molar-refractivity contribution in [3.8, 4) is 0 Å². The third-order valence-corrected chi connectivity index (χ3v) is 4.19. The van der Waals surface area contributed by atoms with Gasteiger partial charge in [-0.3, -0.25) is 10.1 Å². The second-order valence-corrected chi connectivity index (χ2v) is 5.74. The van der Waals surface area contributed by atoms with Crippen LogP contribution in [0.2, 0.25) is 0 Å². The molecular weight excluding hydrogens is 332 g/mol. The first-order valence-corrected chi connectivity index (χ1v) is 8.08. The molecule has 1 aliphatic heterocycles. The van der Waals surface area contributed by atoms with E-state index in [1.807, 2.05) is 4.90 Å². The lowest BCUT2D eigenvalue weighted by Crippen LogP contribution is -2.50. The third-order valence-electron chi connectivity index (χ3n) is 3.55. The lowest BCUT2D eigenvalue weighted by atomic mass is 10.3. The van der Waals surface area contributed by atoms with E-state index in [1.165, 1.54) is 7.05 Å². The maximum absolute atomic E-state index is 12.4. The molecule has 0 atom stereocenters. The van der Waals surface area contributed by atoms with Gasteiger partial charge in [0.05, 0.1) is 0 Å². The lowest BCUT2D eigenvalue weighted by Gasteiger charge is -2.34. The van der Waals surface area contributed by atoms with E-state index in [4.69, 9.17) is 0 Å². The lowest BCUT2D eigenvalue weighted by molar-refractivity contribution is 0.0959. The van der Waals surface area contributed by atoms with Crippen molar-refractivity contribution in [2.24, 2.45) is 0 Å². The molecule has 0 saturated carbocycles. The summed E-state index contributed by atoms with van der Waals surface area (Å²) in [5.41, 5.74) is 0.118. The second-order valence-electron chi connectivity index (χ2n) is 4.98. The van der Waals surface area contributed by atoms with Crippen LogP contribution in [-0.2, 0) is 0 Å². The minimum atomic E-state index is -0.384. The van der Waals surface area contributed by atoms with E-state index in [-0.39, 0.29) is 17.6 Å². The van der Waals surface area contributed by atoms with Gasteiger partial charge in [-0.05, 0) is 6.07 Å². The van der Waals surface area contributed by atoms with E-state index in [9.17, 15) is 9.59 Å². The number of hydrogen-bond donors (Lipinski definition) is 2. The molecule has 10 nitrogen and oxygen atoms in total. The van der Waals surface area contributed by atoms with Gasteiger partial charge in [-0.15, -0.1) is 5.10 Å². The van der Waals surface area contributed by atoms with Gasteiger partial charge in [-0.1, -0.05) is 4.49 Å². The van der Waals surface area contributed by atoms with Crippen LogP contribution in [0.15, 0.2) is 18.5 Å². The molecule has 24 heavy (non-hydrogen) atoms. The van der Waals surface area contributed by atoms with Crippen molar-refractivity contribution in [3.63, 3.8) is 0 Å². The highest BCUT2D eigenvalue weighted by atomic mass is 32.1. The molecule has 1 aliphatic rings. The largest absolute Gasteiger partial charge is 0.354 e. The van der Waals surface area contributed by atoms with Crippen LogP contribution >= 0.6 is 11.5 Å². The zero-order valence-corrected chi connectivity index (χ0v) is 13.8. The van der Waals surface area contributed by atoms with Gasteiger partial charge in [0.25, 0.3) is 5.91 Å². The number of nitrogens with zero attached hydrogens (tertiary/aromatic N) is 6. The molecule has 0 spiro atoms. The first-order chi connectivity index (χ1) is 11.7. The molecule has 3 amide bonds. The van der Waals surface area contributed by atoms with Crippen molar-refractivity contribution < 1.29 is 9.59 Å². The van der Waals surface area contributed by atoms with Crippen LogP contribution in [0.3, 0.4) is 0 Å². The molecule has 2 aromatic rings. The highest BCUT2D eigenvalue weighted by molar-refractivity contribution is 7.10.